The molecule has 6 nitrogen and oxygen atoms in total. The molecule has 0 fully saturated rings. The zero-order valence-corrected chi connectivity index (χ0v) is 12.6. The standard InChI is InChI=1S/C13H21N2O4P/c1-3-18-13(16)11(2)15-20(17,10-9-14)19-12-7-5-4-6-8-12/h4-8,11H,3,9-10,14H2,1-2H3,(H,15,17)/t11-,20?/m0/s1. The second kappa shape index (κ2) is 8.04. The third-order valence-electron chi connectivity index (χ3n) is 2.45. The van der Waals surface area contributed by atoms with Crippen LogP contribution in [0.1, 0.15) is 13.8 Å². The average Bonchev–Trinajstić information content (AvgIpc) is 2.40. The molecule has 2 atom stereocenters. The lowest BCUT2D eigenvalue weighted by atomic mass is 10.3. The van der Waals surface area contributed by atoms with Crippen LogP contribution in [0.15, 0.2) is 30.3 Å². The zero-order chi connectivity index (χ0) is 15.0. The molecule has 0 saturated heterocycles. The molecule has 20 heavy (non-hydrogen) atoms. The van der Waals surface area contributed by atoms with E-state index in [-0.39, 0.29) is 19.3 Å². The highest BCUT2D eigenvalue weighted by Crippen LogP contribution is 2.42. The zero-order valence-electron chi connectivity index (χ0n) is 11.7. The number of benzene rings is 1. The van der Waals surface area contributed by atoms with Crippen LogP contribution >= 0.6 is 7.52 Å². The van der Waals surface area contributed by atoms with Crippen LogP contribution < -0.4 is 15.3 Å². The molecule has 0 aromatic heterocycles. The van der Waals surface area contributed by atoms with Gasteiger partial charge in [-0.15, -0.1) is 0 Å². The Morgan fingerprint density at radius 3 is 2.60 bits per heavy atom. The molecule has 0 saturated carbocycles. The van der Waals surface area contributed by atoms with Gasteiger partial charge in [0, 0.05) is 6.54 Å². The minimum atomic E-state index is -3.25. The van der Waals surface area contributed by atoms with E-state index in [9.17, 15) is 9.36 Å². The van der Waals surface area contributed by atoms with Gasteiger partial charge in [0.2, 0.25) is 0 Å². The molecule has 1 rings (SSSR count). The third-order valence-corrected chi connectivity index (χ3v) is 4.58. The molecule has 0 amide bonds. The summed E-state index contributed by atoms with van der Waals surface area (Å²) >= 11 is 0. The van der Waals surface area contributed by atoms with Gasteiger partial charge in [-0.05, 0) is 26.0 Å². The molecular formula is C13H21N2O4P. The Hall–Kier alpha value is -1.36. The number of carbonyl (C=O) groups excluding carboxylic acids is 1. The van der Waals surface area contributed by atoms with Gasteiger partial charge in [0.15, 0.2) is 0 Å². The van der Waals surface area contributed by atoms with E-state index in [1.54, 1.807) is 38.1 Å². The summed E-state index contributed by atoms with van der Waals surface area (Å²) in [5.74, 6) is -0.00532. The number of hydrogen-bond donors (Lipinski definition) is 2. The first-order valence-corrected chi connectivity index (χ1v) is 8.30. The summed E-state index contributed by atoms with van der Waals surface area (Å²) in [6.07, 6.45) is 0.131. The first-order chi connectivity index (χ1) is 9.50. The van der Waals surface area contributed by atoms with Crippen LogP contribution in [0.2, 0.25) is 0 Å². The number of para-hydroxylation sites is 1. The SMILES string of the molecule is CCOC(=O)[C@H](C)NP(=O)(CCN)Oc1ccccc1. The fraction of sp³-hybridized carbons (Fsp3) is 0.462. The first kappa shape index (κ1) is 16.7. The lowest BCUT2D eigenvalue weighted by Crippen LogP contribution is -2.36. The quantitative estimate of drug-likeness (QED) is 0.561. The van der Waals surface area contributed by atoms with Crippen LogP contribution in [0.5, 0.6) is 5.75 Å². The van der Waals surface area contributed by atoms with Crippen molar-refractivity contribution in [1.29, 1.82) is 0 Å². The summed E-state index contributed by atoms with van der Waals surface area (Å²) < 4.78 is 23.0. The minimum Gasteiger partial charge on any atom is -0.465 e. The maximum absolute atomic E-state index is 12.7. The van der Waals surface area contributed by atoms with Gasteiger partial charge in [-0.25, -0.2) is 5.09 Å². The summed E-state index contributed by atoms with van der Waals surface area (Å²) in [5.41, 5.74) is 5.47. The van der Waals surface area contributed by atoms with E-state index in [4.69, 9.17) is 15.0 Å². The summed E-state index contributed by atoms with van der Waals surface area (Å²) in [5, 5.41) is 2.71. The Morgan fingerprint density at radius 2 is 2.05 bits per heavy atom. The summed E-state index contributed by atoms with van der Waals surface area (Å²) in [4.78, 5) is 11.6. The molecule has 0 radical (unpaired) electrons. The van der Waals surface area contributed by atoms with Crippen molar-refractivity contribution in [3.63, 3.8) is 0 Å². The molecule has 0 aliphatic heterocycles. The number of nitrogens with two attached hydrogens (primary N) is 1. The molecule has 1 aromatic carbocycles. The van der Waals surface area contributed by atoms with Crippen LogP contribution in [0.25, 0.3) is 0 Å². The molecule has 0 spiro atoms. The van der Waals surface area contributed by atoms with Crippen molar-refractivity contribution in [3.8, 4) is 5.75 Å². The Morgan fingerprint density at radius 1 is 1.40 bits per heavy atom. The molecule has 7 heteroatoms. The fourth-order valence-corrected chi connectivity index (χ4v) is 3.34. The maximum atomic E-state index is 12.7. The van der Waals surface area contributed by atoms with Gasteiger partial charge < -0.3 is 15.0 Å². The monoisotopic (exact) mass is 300 g/mol. The summed E-state index contributed by atoms with van der Waals surface area (Å²) in [7, 11) is -3.25. The molecule has 0 bridgehead atoms. The highest BCUT2D eigenvalue weighted by Gasteiger charge is 2.29. The van der Waals surface area contributed by atoms with E-state index in [2.05, 4.69) is 5.09 Å². The smallest absolute Gasteiger partial charge is 0.323 e. The van der Waals surface area contributed by atoms with Crippen molar-refractivity contribution in [3.05, 3.63) is 30.3 Å². The van der Waals surface area contributed by atoms with Gasteiger partial charge in [-0.3, -0.25) is 9.36 Å². The highest BCUT2D eigenvalue weighted by molar-refractivity contribution is 7.57. The van der Waals surface area contributed by atoms with Crippen LogP contribution in [0, 0.1) is 0 Å². The second-order valence-electron chi connectivity index (χ2n) is 4.19. The fourth-order valence-electron chi connectivity index (χ4n) is 1.57. The van der Waals surface area contributed by atoms with E-state index in [1.807, 2.05) is 6.07 Å². The van der Waals surface area contributed by atoms with E-state index >= 15 is 0 Å². The molecule has 0 aliphatic rings. The Labute approximate surface area is 119 Å². The average molecular weight is 300 g/mol. The Kier molecular flexibility index (Phi) is 6.71. The minimum absolute atomic E-state index is 0.131. The number of carbonyl (C=O) groups is 1. The van der Waals surface area contributed by atoms with E-state index in [1.165, 1.54) is 0 Å². The predicted molar refractivity (Wildman–Crippen MR) is 77.8 cm³/mol. The Bertz CT molecular complexity index is 467. The van der Waals surface area contributed by atoms with Gasteiger partial charge in [0.25, 0.3) is 0 Å². The third kappa shape index (κ3) is 5.33. The van der Waals surface area contributed by atoms with Gasteiger partial charge in [-0.1, -0.05) is 18.2 Å². The van der Waals surface area contributed by atoms with Crippen LogP contribution in [-0.2, 0) is 14.1 Å². The van der Waals surface area contributed by atoms with Crippen molar-refractivity contribution in [1.82, 2.24) is 5.09 Å². The normalized spacial score (nSPS) is 15.2. The first-order valence-electron chi connectivity index (χ1n) is 6.49. The molecule has 112 valence electrons. The van der Waals surface area contributed by atoms with Crippen molar-refractivity contribution in [2.24, 2.45) is 5.73 Å². The van der Waals surface area contributed by atoms with Crippen LogP contribution in [-0.4, -0.2) is 31.3 Å². The number of esters is 1. The summed E-state index contributed by atoms with van der Waals surface area (Å²) in [6.45, 7) is 3.75. The van der Waals surface area contributed by atoms with Crippen LogP contribution in [0.3, 0.4) is 0 Å². The largest absolute Gasteiger partial charge is 0.465 e. The lowest BCUT2D eigenvalue weighted by molar-refractivity contribution is -0.144. The van der Waals surface area contributed by atoms with E-state index in [0.29, 0.717) is 5.75 Å². The van der Waals surface area contributed by atoms with E-state index in [0.717, 1.165) is 0 Å². The maximum Gasteiger partial charge on any atom is 0.323 e. The van der Waals surface area contributed by atoms with Gasteiger partial charge in [-0.2, -0.15) is 0 Å². The van der Waals surface area contributed by atoms with Crippen molar-refractivity contribution in [2.45, 2.75) is 19.9 Å². The summed E-state index contributed by atoms with van der Waals surface area (Å²) in [6, 6.07) is 8.04. The Balaban J connectivity index is 2.76. The van der Waals surface area contributed by atoms with Crippen molar-refractivity contribution < 1.29 is 18.6 Å². The van der Waals surface area contributed by atoms with Crippen molar-refractivity contribution in [2.75, 3.05) is 19.3 Å². The molecule has 0 heterocycles. The second-order valence-corrected chi connectivity index (χ2v) is 6.43. The number of ether oxygens (including phenoxy) is 1. The van der Waals surface area contributed by atoms with Gasteiger partial charge in [0.05, 0.1) is 12.8 Å². The molecule has 3 N–H and O–H groups in total. The van der Waals surface area contributed by atoms with Gasteiger partial charge in [0.1, 0.15) is 11.8 Å². The van der Waals surface area contributed by atoms with Crippen molar-refractivity contribution >= 4 is 13.5 Å². The predicted octanol–water partition coefficient (Wildman–Crippen LogP) is 1.76. The molecule has 1 unspecified atom stereocenters. The van der Waals surface area contributed by atoms with E-state index < -0.39 is 19.5 Å². The van der Waals surface area contributed by atoms with Crippen LogP contribution in [0.4, 0.5) is 0 Å². The molecule has 0 aliphatic carbocycles. The molecule has 1 aromatic rings. The number of hydrogen-bond acceptors (Lipinski definition) is 5. The topological polar surface area (TPSA) is 90.7 Å². The number of rotatable bonds is 8. The molecular weight excluding hydrogens is 279 g/mol. The van der Waals surface area contributed by atoms with Gasteiger partial charge >= 0.3 is 13.5 Å². The number of nitrogens with one attached hydrogen (secondary N) is 1. The highest BCUT2D eigenvalue weighted by atomic mass is 31.2. The lowest BCUT2D eigenvalue weighted by Gasteiger charge is -2.23.